The zero-order valence-corrected chi connectivity index (χ0v) is 11.5. The largest absolute Gasteiger partial charge is 0.490 e. The van der Waals surface area contributed by atoms with Gasteiger partial charge >= 0.3 is 0 Å². The molecular weight excluding hydrogens is 258 g/mol. The van der Waals surface area contributed by atoms with Crippen LogP contribution in [0.5, 0.6) is 5.75 Å². The van der Waals surface area contributed by atoms with Crippen LogP contribution >= 0.6 is 11.6 Å². The van der Waals surface area contributed by atoms with Crippen LogP contribution in [-0.4, -0.2) is 6.10 Å². The van der Waals surface area contributed by atoms with Crippen molar-refractivity contribution in [1.82, 2.24) is 0 Å². The Kier molecular flexibility index (Phi) is 3.21. The van der Waals surface area contributed by atoms with Crippen molar-refractivity contribution in [2.45, 2.75) is 25.5 Å². The molecule has 0 aromatic heterocycles. The molecule has 2 N–H and O–H groups in total. The van der Waals surface area contributed by atoms with E-state index in [1.807, 2.05) is 36.4 Å². The quantitative estimate of drug-likeness (QED) is 0.905. The lowest BCUT2D eigenvalue weighted by Crippen LogP contribution is -2.11. The molecule has 2 aromatic carbocycles. The van der Waals surface area contributed by atoms with Crippen LogP contribution in [0.1, 0.15) is 29.7 Å². The molecule has 2 unspecified atom stereocenters. The van der Waals surface area contributed by atoms with Crippen LogP contribution in [0.2, 0.25) is 5.02 Å². The van der Waals surface area contributed by atoms with E-state index in [0.717, 1.165) is 28.3 Å². The molecule has 1 aliphatic rings. The number of hydrogen-bond acceptors (Lipinski definition) is 2. The Morgan fingerprint density at radius 1 is 1.16 bits per heavy atom. The molecule has 0 bridgehead atoms. The minimum atomic E-state index is -0.126. The summed E-state index contributed by atoms with van der Waals surface area (Å²) in [5.41, 5.74) is 9.73. The summed E-state index contributed by atoms with van der Waals surface area (Å²) in [4.78, 5) is 0. The predicted octanol–water partition coefficient (Wildman–Crippen LogP) is 3.71. The number of hydrogen-bond donors (Lipinski definition) is 1. The van der Waals surface area contributed by atoms with Crippen molar-refractivity contribution >= 4 is 11.6 Å². The molecule has 19 heavy (non-hydrogen) atoms. The zero-order valence-electron chi connectivity index (χ0n) is 10.8. The minimum Gasteiger partial charge on any atom is -0.490 e. The highest BCUT2D eigenvalue weighted by atomic mass is 35.5. The molecule has 0 saturated carbocycles. The number of fused-ring (bicyclic) bond motifs is 1. The van der Waals surface area contributed by atoms with E-state index in [0.29, 0.717) is 0 Å². The monoisotopic (exact) mass is 273 g/mol. The van der Waals surface area contributed by atoms with E-state index in [9.17, 15) is 0 Å². The standard InChI is InChI=1S/C16H16ClNO/c1-10-8-13-9-12(4-7-15(13)19-10)16(18)11-2-5-14(17)6-3-11/h2-7,9-10,16H,8,18H2,1H3. The fourth-order valence-corrected chi connectivity index (χ4v) is 2.62. The summed E-state index contributed by atoms with van der Waals surface area (Å²) in [5.74, 6) is 0.986. The third kappa shape index (κ3) is 2.46. The van der Waals surface area contributed by atoms with Gasteiger partial charge < -0.3 is 10.5 Å². The molecule has 1 heterocycles. The van der Waals surface area contributed by atoms with Crippen molar-refractivity contribution in [2.75, 3.05) is 0 Å². The molecule has 0 fully saturated rings. The topological polar surface area (TPSA) is 35.2 Å². The Balaban J connectivity index is 1.90. The fourth-order valence-electron chi connectivity index (χ4n) is 2.50. The van der Waals surface area contributed by atoms with E-state index in [2.05, 4.69) is 13.0 Å². The van der Waals surface area contributed by atoms with E-state index in [-0.39, 0.29) is 12.1 Å². The van der Waals surface area contributed by atoms with Gasteiger partial charge in [0.2, 0.25) is 0 Å². The van der Waals surface area contributed by atoms with Gasteiger partial charge in [0.05, 0.1) is 6.04 Å². The number of halogens is 1. The van der Waals surface area contributed by atoms with Crippen molar-refractivity contribution in [3.05, 3.63) is 64.2 Å². The molecule has 2 atom stereocenters. The summed E-state index contributed by atoms with van der Waals surface area (Å²) in [7, 11) is 0. The van der Waals surface area contributed by atoms with Gasteiger partial charge in [-0.1, -0.05) is 35.9 Å². The SMILES string of the molecule is CC1Cc2cc(C(N)c3ccc(Cl)cc3)ccc2O1. The van der Waals surface area contributed by atoms with Crippen LogP contribution in [0.25, 0.3) is 0 Å². The van der Waals surface area contributed by atoms with Crippen LogP contribution in [0.3, 0.4) is 0 Å². The molecule has 3 rings (SSSR count). The number of ether oxygens (including phenoxy) is 1. The molecule has 0 radical (unpaired) electrons. The maximum absolute atomic E-state index is 6.31. The highest BCUT2D eigenvalue weighted by molar-refractivity contribution is 6.30. The molecule has 98 valence electrons. The van der Waals surface area contributed by atoms with E-state index < -0.39 is 0 Å². The number of rotatable bonds is 2. The van der Waals surface area contributed by atoms with E-state index >= 15 is 0 Å². The summed E-state index contributed by atoms with van der Waals surface area (Å²) >= 11 is 5.90. The number of nitrogens with two attached hydrogens (primary N) is 1. The summed E-state index contributed by atoms with van der Waals surface area (Å²) in [6.07, 6.45) is 1.22. The summed E-state index contributed by atoms with van der Waals surface area (Å²) in [5, 5.41) is 0.729. The summed E-state index contributed by atoms with van der Waals surface area (Å²) in [6.45, 7) is 2.08. The Bertz CT molecular complexity index is 594. The highest BCUT2D eigenvalue weighted by Gasteiger charge is 2.20. The fraction of sp³-hybridized carbons (Fsp3) is 0.250. The minimum absolute atomic E-state index is 0.126. The first-order chi connectivity index (χ1) is 9.13. The third-order valence-electron chi connectivity index (χ3n) is 3.51. The van der Waals surface area contributed by atoms with Gasteiger partial charge in [-0.05, 0) is 41.8 Å². The molecule has 2 aromatic rings. The van der Waals surface area contributed by atoms with Crippen molar-refractivity contribution < 1.29 is 4.74 Å². The molecule has 0 saturated heterocycles. The van der Waals surface area contributed by atoms with Crippen LogP contribution in [0, 0.1) is 0 Å². The van der Waals surface area contributed by atoms with Crippen molar-refractivity contribution in [2.24, 2.45) is 5.73 Å². The molecule has 0 aliphatic carbocycles. The van der Waals surface area contributed by atoms with Crippen LogP contribution in [0.15, 0.2) is 42.5 Å². The summed E-state index contributed by atoms with van der Waals surface area (Å²) < 4.78 is 5.70. The zero-order chi connectivity index (χ0) is 13.4. The van der Waals surface area contributed by atoms with Gasteiger partial charge in [-0.3, -0.25) is 0 Å². The van der Waals surface area contributed by atoms with Gasteiger partial charge in [-0.25, -0.2) is 0 Å². The lowest BCUT2D eigenvalue weighted by Gasteiger charge is -2.13. The maximum Gasteiger partial charge on any atom is 0.123 e. The smallest absolute Gasteiger partial charge is 0.123 e. The van der Waals surface area contributed by atoms with Gasteiger partial charge in [-0.15, -0.1) is 0 Å². The second-order valence-corrected chi connectivity index (χ2v) is 5.47. The molecule has 2 nitrogen and oxygen atoms in total. The third-order valence-corrected chi connectivity index (χ3v) is 3.76. The number of benzene rings is 2. The van der Waals surface area contributed by atoms with E-state index in [1.165, 1.54) is 5.56 Å². The van der Waals surface area contributed by atoms with Gasteiger partial charge in [-0.2, -0.15) is 0 Å². The van der Waals surface area contributed by atoms with Gasteiger partial charge in [0.25, 0.3) is 0 Å². The van der Waals surface area contributed by atoms with Crippen molar-refractivity contribution in [1.29, 1.82) is 0 Å². The lowest BCUT2D eigenvalue weighted by atomic mass is 9.97. The lowest BCUT2D eigenvalue weighted by molar-refractivity contribution is 0.254. The second-order valence-electron chi connectivity index (χ2n) is 5.03. The van der Waals surface area contributed by atoms with E-state index in [4.69, 9.17) is 22.1 Å². The van der Waals surface area contributed by atoms with Crippen molar-refractivity contribution in [3.8, 4) is 5.75 Å². The second kappa shape index (κ2) is 4.87. The molecule has 0 amide bonds. The summed E-state index contributed by atoms with van der Waals surface area (Å²) in [6, 6.07) is 13.8. The molecular formula is C16H16ClNO. The first-order valence-corrected chi connectivity index (χ1v) is 6.82. The average Bonchev–Trinajstić information content (AvgIpc) is 2.77. The van der Waals surface area contributed by atoms with Crippen LogP contribution < -0.4 is 10.5 Å². The molecule has 0 spiro atoms. The Labute approximate surface area is 118 Å². The maximum atomic E-state index is 6.31. The Morgan fingerprint density at radius 3 is 2.58 bits per heavy atom. The first-order valence-electron chi connectivity index (χ1n) is 6.44. The highest BCUT2D eigenvalue weighted by Crippen LogP contribution is 2.32. The van der Waals surface area contributed by atoms with Gasteiger partial charge in [0, 0.05) is 11.4 Å². The normalized spacial score (nSPS) is 18.8. The van der Waals surface area contributed by atoms with Gasteiger partial charge in [0.1, 0.15) is 11.9 Å². The van der Waals surface area contributed by atoms with E-state index in [1.54, 1.807) is 0 Å². The molecule has 3 heteroatoms. The van der Waals surface area contributed by atoms with Gasteiger partial charge in [0.15, 0.2) is 0 Å². The average molecular weight is 274 g/mol. The first kappa shape index (κ1) is 12.5. The Morgan fingerprint density at radius 2 is 1.84 bits per heavy atom. The molecule has 1 aliphatic heterocycles. The van der Waals surface area contributed by atoms with Crippen LogP contribution in [-0.2, 0) is 6.42 Å². The van der Waals surface area contributed by atoms with Crippen LogP contribution in [0.4, 0.5) is 0 Å². The predicted molar refractivity (Wildman–Crippen MR) is 77.7 cm³/mol. The van der Waals surface area contributed by atoms with Crippen molar-refractivity contribution in [3.63, 3.8) is 0 Å². The Hall–Kier alpha value is -1.51.